The monoisotopic (exact) mass is 164 g/mol. The van der Waals surface area contributed by atoms with E-state index in [2.05, 4.69) is 0 Å². The SMILES string of the molecule is CC1CC(S(=O)O)CCO1. The van der Waals surface area contributed by atoms with Crippen LogP contribution in [0.5, 0.6) is 0 Å². The van der Waals surface area contributed by atoms with E-state index in [9.17, 15) is 4.21 Å². The Hall–Kier alpha value is 0.0700. The summed E-state index contributed by atoms with van der Waals surface area (Å²) in [6.45, 7) is 2.55. The lowest BCUT2D eigenvalue weighted by Gasteiger charge is -2.24. The first-order chi connectivity index (χ1) is 4.70. The third-order valence-electron chi connectivity index (χ3n) is 1.72. The van der Waals surface area contributed by atoms with Crippen molar-refractivity contribution in [3.05, 3.63) is 0 Å². The molecule has 1 aliphatic rings. The average Bonchev–Trinajstić information content (AvgIpc) is 1.88. The highest BCUT2D eigenvalue weighted by molar-refractivity contribution is 7.79. The summed E-state index contributed by atoms with van der Waals surface area (Å²) >= 11 is -1.65. The van der Waals surface area contributed by atoms with Crippen LogP contribution in [0, 0.1) is 0 Å². The van der Waals surface area contributed by atoms with E-state index in [0.29, 0.717) is 19.4 Å². The molecule has 3 unspecified atom stereocenters. The first-order valence-corrected chi connectivity index (χ1v) is 4.58. The molecule has 0 aromatic rings. The Kier molecular flexibility index (Phi) is 2.82. The summed E-state index contributed by atoms with van der Waals surface area (Å²) in [5, 5.41) is -0.0660. The van der Waals surface area contributed by atoms with Crippen LogP contribution in [0.2, 0.25) is 0 Å². The van der Waals surface area contributed by atoms with Crippen LogP contribution in [0.1, 0.15) is 19.8 Å². The van der Waals surface area contributed by atoms with E-state index in [1.165, 1.54) is 0 Å². The lowest BCUT2D eigenvalue weighted by atomic mass is 10.1. The second-order valence-electron chi connectivity index (χ2n) is 2.60. The minimum absolute atomic E-state index is 0.0660. The lowest BCUT2D eigenvalue weighted by Crippen LogP contribution is -2.29. The van der Waals surface area contributed by atoms with Crippen molar-refractivity contribution in [2.45, 2.75) is 31.1 Å². The second kappa shape index (κ2) is 3.46. The molecule has 0 aromatic heterocycles. The van der Waals surface area contributed by atoms with Gasteiger partial charge in [-0.15, -0.1) is 0 Å². The Morgan fingerprint density at radius 3 is 2.80 bits per heavy atom. The van der Waals surface area contributed by atoms with E-state index in [1.54, 1.807) is 0 Å². The largest absolute Gasteiger partial charge is 0.378 e. The molecule has 1 saturated heterocycles. The maximum absolute atomic E-state index is 10.6. The number of ether oxygens (including phenoxy) is 1. The molecule has 0 radical (unpaired) electrons. The van der Waals surface area contributed by atoms with Crippen molar-refractivity contribution in [2.75, 3.05) is 6.61 Å². The van der Waals surface area contributed by atoms with Gasteiger partial charge < -0.3 is 9.29 Å². The summed E-state index contributed by atoms with van der Waals surface area (Å²) in [5.41, 5.74) is 0. The van der Waals surface area contributed by atoms with Crippen LogP contribution in [0.15, 0.2) is 0 Å². The van der Waals surface area contributed by atoms with Crippen LogP contribution in [-0.4, -0.2) is 26.7 Å². The van der Waals surface area contributed by atoms with Crippen molar-refractivity contribution >= 4 is 11.1 Å². The van der Waals surface area contributed by atoms with Crippen molar-refractivity contribution in [1.82, 2.24) is 0 Å². The third-order valence-corrected chi connectivity index (χ3v) is 2.72. The number of rotatable bonds is 1. The standard InChI is InChI=1S/C6H12O3S/c1-5-4-6(10(7)8)2-3-9-5/h5-6H,2-4H2,1H3,(H,7,8). The van der Waals surface area contributed by atoms with E-state index in [-0.39, 0.29) is 11.4 Å². The van der Waals surface area contributed by atoms with Crippen LogP contribution in [-0.2, 0) is 15.8 Å². The van der Waals surface area contributed by atoms with Gasteiger partial charge in [-0.2, -0.15) is 0 Å². The first kappa shape index (κ1) is 8.17. The Balaban J connectivity index is 2.39. The summed E-state index contributed by atoms with van der Waals surface area (Å²) in [6.07, 6.45) is 1.58. The van der Waals surface area contributed by atoms with E-state index in [1.807, 2.05) is 6.92 Å². The molecule has 4 heteroatoms. The molecule has 1 rings (SSSR count). The molecule has 60 valence electrons. The summed E-state index contributed by atoms with van der Waals surface area (Å²) in [5.74, 6) is 0. The fourth-order valence-electron chi connectivity index (χ4n) is 1.14. The molecule has 3 atom stereocenters. The molecule has 10 heavy (non-hydrogen) atoms. The van der Waals surface area contributed by atoms with Crippen molar-refractivity contribution in [2.24, 2.45) is 0 Å². The molecule has 3 nitrogen and oxygen atoms in total. The van der Waals surface area contributed by atoms with Gasteiger partial charge in [0.2, 0.25) is 0 Å². The highest BCUT2D eigenvalue weighted by atomic mass is 32.2. The maximum atomic E-state index is 10.6. The molecule has 0 bridgehead atoms. The van der Waals surface area contributed by atoms with Gasteiger partial charge in [-0.1, -0.05) is 0 Å². The minimum atomic E-state index is -1.65. The second-order valence-corrected chi connectivity index (χ2v) is 3.82. The molecule has 0 spiro atoms. The van der Waals surface area contributed by atoms with Gasteiger partial charge in [0.15, 0.2) is 11.1 Å². The van der Waals surface area contributed by atoms with Crippen LogP contribution >= 0.6 is 0 Å². The smallest absolute Gasteiger partial charge is 0.156 e. The fraction of sp³-hybridized carbons (Fsp3) is 1.00. The average molecular weight is 164 g/mol. The molecular formula is C6H12O3S. The highest BCUT2D eigenvalue weighted by Crippen LogP contribution is 2.16. The van der Waals surface area contributed by atoms with Gasteiger partial charge in [0, 0.05) is 6.61 Å². The van der Waals surface area contributed by atoms with E-state index < -0.39 is 11.1 Å². The Morgan fingerprint density at radius 1 is 1.70 bits per heavy atom. The lowest BCUT2D eigenvalue weighted by molar-refractivity contribution is 0.0299. The highest BCUT2D eigenvalue weighted by Gasteiger charge is 2.23. The van der Waals surface area contributed by atoms with Crippen molar-refractivity contribution in [1.29, 1.82) is 0 Å². The number of hydrogen-bond acceptors (Lipinski definition) is 2. The first-order valence-electron chi connectivity index (χ1n) is 3.41. The van der Waals surface area contributed by atoms with Crippen LogP contribution in [0.3, 0.4) is 0 Å². The van der Waals surface area contributed by atoms with Crippen LogP contribution in [0.25, 0.3) is 0 Å². The van der Waals surface area contributed by atoms with Crippen molar-refractivity contribution in [3.63, 3.8) is 0 Å². The Morgan fingerprint density at radius 2 is 2.40 bits per heavy atom. The summed E-state index contributed by atoms with van der Waals surface area (Å²) in [6, 6.07) is 0. The van der Waals surface area contributed by atoms with Crippen molar-refractivity contribution in [3.8, 4) is 0 Å². The van der Waals surface area contributed by atoms with Gasteiger partial charge in [-0.25, -0.2) is 4.21 Å². The molecule has 0 aromatic carbocycles. The zero-order chi connectivity index (χ0) is 7.56. The molecule has 0 aliphatic carbocycles. The van der Waals surface area contributed by atoms with E-state index >= 15 is 0 Å². The molecule has 1 N–H and O–H groups in total. The molecule has 1 heterocycles. The predicted octanol–water partition coefficient (Wildman–Crippen LogP) is 0.776. The third kappa shape index (κ3) is 2.04. The normalized spacial score (nSPS) is 37.4. The molecular weight excluding hydrogens is 152 g/mol. The van der Waals surface area contributed by atoms with E-state index in [0.717, 1.165) is 0 Å². The van der Waals surface area contributed by atoms with Gasteiger partial charge in [-0.05, 0) is 19.8 Å². The Labute approximate surface area is 63.0 Å². The summed E-state index contributed by atoms with van der Waals surface area (Å²) in [4.78, 5) is 0. The molecule has 0 saturated carbocycles. The zero-order valence-electron chi connectivity index (χ0n) is 5.95. The van der Waals surface area contributed by atoms with Crippen LogP contribution < -0.4 is 0 Å². The van der Waals surface area contributed by atoms with Crippen molar-refractivity contribution < 1.29 is 13.5 Å². The molecule has 1 aliphatic heterocycles. The quantitative estimate of drug-likeness (QED) is 0.582. The Bertz CT molecular complexity index is 137. The van der Waals surface area contributed by atoms with Crippen LogP contribution in [0.4, 0.5) is 0 Å². The van der Waals surface area contributed by atoms with Gasteiger partial charge in [0.05, 0.1) is 11.4 Å². The zero-order valence-corrected chi connectivity index (χ0v) is 6.76. The van der Waals surface area contributed by atoms with Gasteiger partial charge in [-0.3, -0.25) is 0 Å². The molecule has 1 fully saturated rings. The van der Waals surface area contributed by atoms with Gasteiger partial charge in [0.25, 0.3) is 0 Å². The van der Waals surface area contributed by atoms with Gasteiger partial charge >= 0.3 is 0 Å². The fourth-order valence-corrected chi connectivity index (χ4v) is 1.87. The molecule has 0 amide bonds. The predicted molar refractivity (Wildman–Crippen MR) is 39.2 cm³/mol. The maximum Gasteiger partial charge on any atom is 0.156 e. The summed E-state index contributed by atoms with van der Waals surface area (Å²) in [7, 11) is 0. The minimum Gasteiger partial charge on any atom is -0.378 e. The van der Waals surface area contributed by atoms with Gasteiger partial charge in [0.1, 0.15) is 0 Å². The summed E-state index contributed by atoms with van der Waals surface area (Å²) < 4.78 is 24.5. The topological polar surface area (TPSA) is 46.5 Å². The number of hydrogen-bond donors (Lipinski definition) is 1. The van der Waals surface area contributed by atoms with E-state index in [4.69, 9.17) is 9.29 Å².